The van der Waals surface area contributed by atoms with E-state index in [2.05, 4.69) is 23.8 Å². The topological polar surface area (TPSA) is 121 Å². The fourth-order valence-electron chi connectivity index (χ4n) is 9.12. The molecule has 5 fully saturated rings. The maximum absolute atomic E-state index is 14.3. The number of aliphatic hydroxyl groups is 1. The monoisotopic (exact) mass is 706 g/mol. The van der Waals surface area contributed by atoms with Gasteiger partial charge in [0.05, 0.1) is 23.7 Å². The van der Waals surface area contributed by atoms with E-state index >= 15 is 0 Å². The average molecular weight is 707 g/mol. The molecule has 0 aromatic heterocycles. The van der Waals surface area contributed by atoms with E-state index in [9.17, 15) is 19.5 Å². The number of aliphatic hydroxyl groups excluding tert-OH is 1. The Kier molecular flexibility index (Phi) is 12.4. The van der Waals surface area contributed by atoms with Gasteiger partial charge < -0.3 is 38.8 Å². The summed E-state index contributed by atoms with van der Waals surface area (Å²) >= 11 is 0. The van der Waals surface area contributed by atoms with Crippen molar-refractivity contribution < 1.29 is 38.4 Å². The molecule has 50 heavy (non-hydrogen) atoms. The summed E-state index contributed by atoms with van der Waals surface area (Å²) in [7, 11) is 7.52. The van der Waals surface area contributed by atoms with E-state index in [1.807, 2.05) is 37.7 Å². The van der Waals surface area contributed by atoms with Crippen LogP contribution in [0.15, 0.2) is 0 Å². The van der Waals surface area contributed by atoms with Gasteiger partial charge in [0.15, 0.2) is 12.1 Å². The summed E-state index contributed by atoms with van der Waals surface area (Å²) in [5.41, 5.74) is -2.41. The van der Waals surface area contributed by atoms with Gasteiger partial charge in [-0.25, -0.2) is 0 Å². The Morgan fingerprint density at radius 1 is 1.04 bits per heavy atom. The molecule has 0 bridgehead atoms. The van der Waals surface area contributed by atoms with Crippen LogP contribution < -0.4 is 0 Å². The first-order valence-electron chi connectivity index (χ1n) is 19.1. The van der Waals surface area contributed by atoms with Gasteiger partial charge in [-0.2, -0.15) is 0 Å². The fraction of sp³-hybridized carbons (Fsp3) is 0.921. The van der Waals surface area contributed by atoms with Crippen LogP contribution in [-0.2, 0) is 33.3 Å². The average Bonchev–Trinajstić information content (AvgIpc) is 3.73. The molecule has 4 aliphatic heterocycles. The second-order valence-corrected chi connectivity index (χ2v) is 17.5. The molecule has 4 saturated heterocycles. The number of Topliss-reactive ketones (excluding diaryl/α,β-unsaturated/α-hetero) is 1. The number of hydrogen-bond donors (Lipinski definition) is 1. The van der Waals surface area contributed by atoms with E-state index in [1.165, 1.54) is 12.8 Å². The molecule has 1 unspecified atom stereocenters. The van der Waals surface area contributed by atoms with Gasteiger partial charge >= 0.3 is 5.97 Å². The minimum Gasteiger partial charge on any atom is -0.463 e. The zero-order valence-corrected chi connectivity index (χ0v) is 32.4. The summed E-state index contributed by atoms with van der Waals surface area (Å²) < 4.78 is 25.1. The Hall–Kier alpha value is -1.67. The standard InChI is InChI=1S/C38H66N4O8/c1-23-16-38(6,47-10)33(50-35-31(43)29(39(7)8)15-24(2)49-35)25(3)32(44)37(4,5)36(46)48-22-30(40(9)17-23)28-20-42(21-28)34(45)27-13-14-41(19-27)18-26-11-12-26/h23-31,33,35,43H,11-22H2,1-10H3/t23-,24-,25+,27?,29+,30+,31-,33-,35+,38-/m1/s1. The summed E-state index contributed by atoms with van der Waals surface area (Å²) in [5, 5.41) is 11.4. The number of likely N-dealkylation sites (tertiary alicyclic amines) is 2. The highest BCUT2D eigenvalue weighted by Gasteiger charge is 2.52. The quantitative estimate of drug-likeness (QED) is 0.296. The van der Waals surface area contributed by atoms with Crippen LogP contribution in [0.1, 0.15) is 73.6 Å². The zero-order valence-electron chi connectivity index (χ0n) is 32.4. The Balaban J connectivity index is 1.32. The summed E-state index contributed by atoms with van der Waals surface area (Å²) in [4.78, 5) is 50.2. The molecule has 286 valence electrons. The summed E-state index contributed by atoms with van der Waals surface area (Å²) in [6.07, 6.45) is 1.85. The predicted octanol–water partition coefficient (Wildman–Crippen LogP) is 2.51. The van der Waals surface area contributed by atoms with Gasteiger partial charge in [0.25, 0.3) is 0 Å². The third-order valence-electron chi connectivity index (χ3n) is 12.5. The van der Waals surface area contributed by atoms with Crippen LogP contribution in [0.4, 0.5) is 0 Å². The van der Waals surface area contributed by atoms with Crippen molar-refractivity contribution >= 4 is 17.7 Å². The van der Waals surface area contributed by atoms with E-state index in [0.29, 0.717) is 32.5 Å². The van der Waals surface area contributed by atoms with E-state index < -0.39 is 41.4 Å². The largest absolute Gasteiger partial charge is 0.463 e. The van der Waals surface area contributed by atoms with Crippen LogP contribution >= 0.6 is 0 Å². The molecule has 12 nitrogen and oxygen atoms in total. The molecule has 0 aromatic carbocycles. The van der Waals surface area contributed by atoms with Gasteiger partial charge in [0, 0.05) is 63.8 Å². The van der Waals surface area contributed by atoms with Crippen LogP contribution in [0.3, 0.4) is 0 Å². The second kappa shape index (κ2) is 15.7. The van der Waals surface area contributed by atoms with Gasteiger partial charge in [-0.1, -0.05) is 13.8 Å². The maximum atomic E-state index is 14.3. The number of amides is 1. The van der Waals surface area contributed by atoms with Gasteiger partial charge in [0.1, 0.15) is 18.1 Å². The Labute approximate surface area is 300 Å². The summed E-state index contributed by atoms with van der Waals surface area (Å²) in [5.74, 6) is -0.287. The van der Waals surface area contributed by atoms with Crippen LogP contribution in [0.2, 0.25) is 0 Å². The lowest BCUT2D eigenvalue weighted by Gasteiger charge is -2.48. The lowest BCUT2D eigenvalue weighted by atomic mass is 9.74. The molecule has 5 aliphatic rings. The lowest BCUT2D eigenvalue weighted by molar-refractivity contribution is -0.295. The number of esters is 1. The first-order chi connectivity index (χ1) is 23.4. The SMILES string of the molecule is CO[C@]1(C)C[C@@H](C)CN(C)[C@H](C2CN(C(=O)C3CCN(CC4CC4)C3)C2)COC(=O)C(C)(C)C(=O)[C@H](C)[C@H]1O[C@@H]1O[C@H](C)C[C@H](N(C)C)[C@H]1O. The maximum Gasteiger partial charge on any atom is 0.319 e. The number of rotatable bonds is 8. The first kappa shape index (κ1) is 39.5. The van der Waals surface area contributed by atoms with E-state index in [4.69, 9.17) is 18.9 Å². The van der Waals surface area contributed by atoms with Crippen LogP contribution in [0.5, 0.6) is 0 Å². The van der Waals surface area contributed by atoms with Gasteiger partial charge in [0.2, 0.25) is 5.91 Å². The fourth-order valence-corrected chi connectivity index (χ4v) is 9.12. The van der Waals surface area contributed by atoms with E-state index in [1.54, 1.807) is 27.9 Å². The van der Waals surface area contributed by atoms with E-state index in [0.717, 1.165) is 32.0 Å². The first-order valence-corrected chi connectivity index (χ1v) is 19.1. The third kappa shape index (κ3) is 8.58. The summed E-state index contributed by atoms with van der Waals surface area (Å²) in [6, 6.07) is -0.298. The highest BCUT2D eigenvalue weighted by molar-refractivity contribution is 6.04. The van der Waals surface area contributed by atoms with Crippen molar-refractivity contribution in [2.75, 3.05) is 74.1 Å². The molecule has 10 atom stereocenters. The van der Waals surface area contributed by atoms with Crippen molar-refractivity contribution in [2.45, 2.75) is 116 Å². The molecule has 1 aliphatic carbocycles. The number of likely N-dealkylation sites (N-methyl/N-ethyl adjacent to an activating group) is 2. The normalized spacial score (nSPS) is 40.2. The number of nitrogens with zero attached hydrogens (tertiary/aromatic N) is 4. The summed E-state index contributed by atoms with van der Waals surface area (Å²) in [6.45, 7) is 16.2. The molecule has 4 heterocycles. The Morgan fingerprint density at radius 2 is 1.72 bits per heavy atom. The van der Waals surface area contributed by atoms with Crippen molar-refractivity contribution in [1.29, 1.82) is 0 Å². The number of hydrogen-bond acceptors (Lipinski definition) is 11. The number of ether oxygens (including phenoxy) is 4. The number of ketones is 1. The van der Waals surface area contributed by atoms with Crippen LogP contribution in [0, 0.1) is 35.0 Å². The third-order valence-corrected chi connectivity index (χ3v) is 12.5. The molecule has 0 aromatic rings. The second-order valence-electron chi connectivity index (χ2n) is 17.5. The molecular weight excluding hydrogens is 640 g/mol. The number of carbonyl (C=O) groups excluding carboxylic acids is 3. The number of carbonyl (C=O) groups is 3. The predicted molar refractivity (Wildman–Crippen MR) is 189 cm³/mol. The molecule has 1 N–H and O–H groups in total. The molecule has 1 amide bonds. The minimum atomic E-state index is -1.46. The van der Waals surface area contributed by atoms with Crippen molar-refractivity contribution in [3.63, 3.8) is 0 Å². The van der Waals surface area contributed by atoms with Crippen LogP contribution in [-0.4, -0.2) is 159 Å². The highest BCUT2D eigenvalue weighted by Crippen LogP contribution is 2.39. The van der Waals surface area contributed by atoms with Crippen molar-refractivity contribution in [3.8, 4) is 0 Å². The Bertz CT molecular complexity index is 1210. The smallest absolute Gasteiger partial charge is 0.319 e. The van der Waals surface area contributed by atoms with Crippen molar-refractivity contribution in [2.24, 2.45) is 35.0 Å². The number of methoxy groups -OCH3 is 1. The molecule has 0 spiro atoms. The van der Waals surface area contributed by atoms with Gasteiger partial charge in [-0.15, -0.1) is 0 Å². The Morgan fingerprint density at radius 3 is 2.34 bits per heavy atom. The van der Waals surface area contributed by atoms with Gasteiger partial charge in [-0.3, -0.25) is 19.3 Å². The van der Waals surface area contributed by atoms with Crippen molar-refractivity contribution in [3.05, 3.63) is 0 Å². The van der Waals surface area contributed by atoms with Crippen LogP contribution in [0.25, 0.3) is 0 Å². The molecule has 0 radical (unpaired) electrons. The minimum absolute atomic E-state index is 0.0677. The molecule has 12 heteroatoms. The number of cyclic esters (lactones) is 1. The highest BCUT2D eigenvalue weighted by atomic mass is 16.7. The van der Waals surface area contributed by atoms with Crippen molar-refractivity contribution in [1.82, 2.24) is 19.6 Å². The van der Waals surface area contributed by atoms with E-state index in [-0.39, 0.29) is 54.2 Å². The van der Waals surface area contributed by atoms with Gasteiger partial charge in [-0.05, 0) is 99.3 Å². The molecular formula is C38H66N4O8. The lowest BCUT2D eigenvalue weighted by Crippen LogP contribution is -2.60. The molecule has 1 saturated carbocycles. The zero-order chi connectivity index (χ0) is 36.7. The molecule has 5 rings (SSSR count).